The predicted octanol–water partition coefficient (Wildman–Crippen LogP) is 3.41. The van der Waals surface area contributed by atoms with Gasteiger partial charge >= 0.3 is 0 Å². The standard InChI is InChI=1S/C20H29N5/c1-15(2)17-13-20(3)18(24(17)14-16-9-5-4-6-10-16)11-7-8-12-19-21-22-23-25(19)20/h4-6,9-10,15,17-18H,7-8,11-14H2,1-3H3/t17-,18-,20-/m0/s1. The van der Waals surface area contributed by atoms with Crippen LogP contribution in [0.3, 0.4) is 0 Å². The van der Waals surface area contributed by atoms with Crippen LogP contribution in [-0.2, 0) is 18.5 Å². The first kappa shape index (κ1) is 16.7. The molecule has 4 rings (SSSR count). The van der Waals surface area contributed by atoms with Gasteiger partial charge in [0.1, 0.15) is 0 Å². The van der Waals surface area contributed by atoms with Crippen LogP contribution in [0.25, 0.3) is 0 Å². The quantitative estimate of drug-likeness (QED) is 0.860. The lowest BCUT2D eigenvalue weighted by molar-refractivity contribution is 0.103. The summed E-state index contributed by atoms with van der Waals surface area (Å²) < 4.78 is 2.16. The zero-order valence-corrected chi connectivity index (χ0v) is 15.6. The Morgan fingerprint density at radius 1 is 1.20 bits per heavy atom. The Balaban J connectivity index is 1.73. The summed E-state index contributed by atoms with van der Waals surface area (Å²) in [4.78, 5) is 2.75. The average Bonchev–Trinajstić information content (AvgIpc) is 3.16. The van der Waals surface area contributed by atoms with Crippen LogP contribution < -0.4 is 0 Å². The SMILES string of the molecule is CC(C)[C@@H]1C[C@@]2(C)[C@H](CCCCc3nnnn32)N1Cc1ccccc1. The second-order valence-corrected chi connectivity index (χ2v) is 8.30. The molecular formula is C20H29N5. The molecule has 3 heterocycles. The molecule has 5 heteroatoms. The highest BCUT2D eigenvalue weighted by Crippen LogP contribution is 2.45. The molecule has 0 bridgehead atoms. The van der Waals surface area contributed by atoms with E-state index in [2.05, 4.69) is 76.2 Å². The first-order chi connectivity index (χ1) is 12.1. The van der Waals surface area contributed by atoms with Crippen LogP contribution in [-0.4, -0.2) is 37.2 Å². The minimum atomic E-state index is -0.0109. The zero-order valence-electron chi connectivity index (χ0n) is 15.6. The summed E-state index contributed by atoms with van der Waals surface area (Å²) in [6, 6.07) is 11.9. The van der Waals surface area contributed by atoms with E-state index in [-0.39, 0.29) is 5.54 Å². The Morgan fingerprint density at radius 3 is 2.76 bits per heavy atom. The summed E-state index contributed by atoms with van der Waals surface area (Å²) in [6.45, 7) is 8.10. The summed E-state index contributed by atoms with van der Waals surface area (Å²) >= 11 is 0. The molecule has 1 aromatic heterocycles. The van der Waals surface area contributed by atoms with E-state index in [0.717, 1.165) is 25.2 Å². The monoisotopic (exact) mass is 339 g/mol. The molecule has 1 fully saturated rings. The number of aryl methyl sites for hydroxylation is 1. The molecule has 1 aromatic carbocycles. The summed E-state index contributed by atoms with van der Waals surface area (Å²) in [6.07, 6.45) is 5.79. The van der Waals surface area contributed by atoms with Crippen molar-refractivity contribution in [3.63, 3.8) is 0 Å². The number of rotatable bonds is 3. The van der Waals surface area contributed by atoms with Gasteiger partial charge in [0.25, 0.3) is 0 Å². The fourth-order valence-electron chi connectivity index (χ4n) is 4.99. The van der Waals surface area contributed by atoms with Crippen LogP contribution in [0.5, 0.6) is 0 Å². The maximum atomic E-state index is 4.44. The predicted molar refractivity (Wildman–Crippen MR) is 98.0 cm³/mol. The Bertz CT molecular complexity index is 710. The number of fused-ring (bicyclic) bond motifs is 3. The highest BCUT2D eigenvalue weighted by molar-refractivity contribution is 5.17. The van der Waals surface area contributed by atoms with Gasteiger partial charge in [0.2, 0.25) is 0 Å². The van der Waals surface area contributed by atoms with Crippen molar-refractivity contribution in [2.75, 3.05) is 0 Å². The minimum absolute atomic E-state index is 0.0109. The second kappa shape index (κ2) is 6.52. The van der Waals surface area contributed by atoms with Crippen LogP contribution >= 0.6 is 0 Å². The number of likely N-dealkylation sites (tertiary alicyclic amines) is 1. The fourth-order valence-corrected chi connectivity index (χ4v) is 4.99. The van der Waals surface area contributed by atoms with Gasteiger partial charge in [0.05, 0.1) is 5.54 Å². The van der Waals surface area contributed by atoms with Crippen LogP contribution in [0.2, 0.25) is 0 Å². The molecule has 0 amide bonds. The van der Waals surface area contributed by atoms with Crippen molar-refractivity contribution in [3.05, 3.63) is 41.7 Å². The van der Waals surface area contributed by atoms with E-state index < -0.39 is 0 Å². The van der Waals surface area contributed by atoms with Gasteiger partial charge in [-0.2, -0.15) is 0 Å². The molecule has 0 unspecified atom stereocenters. The third kappa shape index (κ3) is 2.88. The number of hydrogen-bond donors (Lipinski definition) is 0. The number of aromatic nitrogens is 4. The van der Waals surface area contributed by atoms with E-state index >= 15 is 0 Å². The molecule has 0 saturated carbocycles. The molecule has 134 valence electrons. The topological polar surface area (TPSA) is 46.8 Å². The highest BCUT2D eigenvalue weighted by atomic mass is 15.6. The van der Waals surface area contributed by atoms with Crippen molar-refractivity contribution in [2.45, 2.75) is 77.0 Å². The molecule has 2 aromatic rings. The molecule has 0 spiro atoms. The normalized spacial score (nSPS) is 29.9. The maximum Gasteiger partial charge on any atom is 0.151 e. The Hall–Kier alpha value is -1.75. The van der Waals surface area contributed by atoms with Gasteiger partial charge in [-0.15, -0.1) is 5.10 Å². The van der Waals surface area contributed by atoms with Crippen molar-refractivity contribution in [3.8, 4) is 0 Å². The average molecular weight is 339 g/mol. The van der Waals surface area contributed by atoms with Gasteiger partial charge in [-0.3, -0.25) is 4.90 Å². The lowest BCUT2D eigenvalue weighted by Crippen LogP contribution is -2.47. The summed E-state index contributed by atoms with van der Waals surface area (Å²) in [5.74, 6) is 1.69. The molecule has 0 N–H and O–H groups in total. The first-order valence-corrected chi connectivity index (χ1v) is 9.67. The summed E-state index contributed by atoms with van der Waals surface area (Å²) in [5.41, 5.74) is 1.39. The highest BCUT2D eigenvalue weighted by Gasteiger charge is 2.52. The third-order valence-electron chi connectivity index (χ3n) is 6.29. The molecule has 0 radical (unpaired) electrons. The molecule has 2 aliphatic heterocycles. The van der Waals surface area contributed by atoms with E-state index in [1.807, 2.05) is 0 Å². The van der Waals surface area contributed by atoms with Gasteiger partial charge in [0, 0.05) is 25.0 Å². The van der Waals surface area contributed by atoms with Crippen LogP contribution in [0.4, 0.5) is 0 Å². The summed E-state index contributed by atoms with van der Waals surface area (Å²) in [7, 11) is 0. The minimum Gasteiger partial charge on any atom is -0.290 e. The van der Waals surface area contributed by atoms with Crippen LogP contribution in [0.15, 0.2) is 30.3 Å². The summed E-state index contributed by atoms with van der Waals surface area (Å²) in [5, 5.41) is 12.8. The van der Waals surface area contributed by atoms with E-state index in [9.17, 15) is 0 Å². The van der Waals surface area contributed by atoms with E-state index in [1.165, 1.54) is 24.8 Å². The molecule has 1 saturated heterocycles. The van der Waals surface area contributed by atoms with E-state index in [4.69, 9.17) is 0 Å². The molecular weight excluding hydrogens is 310 g/mol. The molecule has 25 heavy (non-hydrogen) atoms. The smallest absolute Gasteiger partial charge is 0.151 e. The lowest BCUT2D eigenvalue weighted by Gasteiger charge is -2.38. The molecule has 3 atom stereocenters. The first-order valence-electron chi connectivity index (χ1n) is 9.67. The van der Waals surface area contributed by atoms with Gasteiger partial charge < -0.3 is 0 Å². The van der Waals surface area contributed by atoms with E-state index in [0.29, 0.717) is 18.0 Å². The van der Waals surface area contributed by atoms with Gasteiger partial charge in [-0.1, -0.05) is 50.6 Å². The number of hydrogen-bond acceptors (Lipinski definition) is 4. The largest absolute Gasteiger partial charge is 0.290 e. The van der Waals surface area contributed by atoms with Crippen molar-refractivity contribution in [1.29, 1.82) is 0 Å². The van der Waals surface area contributed by atoms with Gasteiger partial charge in [-0.25, -0.2) is 4.68 Å². The van der Waals surface area contributed by atoms with Crippen LogP contribution in [0, 0.1) is 5.92 Å². The zero-order chi connectivity index (χ0) is 17.4. The van der Waals surface area contributed by atoms with Crippen molar-refractivity contribution in [1.82, 2.24) is 25.1 Å². The Morgan fingerprint density at radius 2 is 2.00 bits per heavy atom. The van der Waals surface area contributed by atoms with E-state index in [1.54, 1.807) is 0 Å². The number of tetrazole rings is 1. The van der Waals surface area contributed by atoms with Crippen LogP contribution in [0.1, 0.15) is 57.8 Å². The third-order valence-corrected chi connectivity index (χ3v) is 6.29. The Kier molecular flexibility index (Phi) is 4.36. The van der Waals surface area contributed by atoms with Gasteiger partial charge in [0.15, 0.2) is 5.82 Å². The second-order valence-electron chi connectivity index (χ2n) is 8.30. The fraction of sp³-hybridized carbons (Fsp3) is 0.650. The number of nitrogens with zero attached hydrogens (tertiary/aromatic N) is 5. The van der Waals surface area contributed by atoms with Crippen molar-refractivity contribution >= 4 is 0 Å². The molecule has 0 aliphatic carbocycles. The molecule has 5 nitrogen and oxygen atoms in total. The molecule has 2 aliphatic rings. The maximum absolute atomic E-state index is 4.44. The van der Waals surface area contributed by atoms with Crippen molar-refractivity contribution in [2.24, 2.45) is 5.92 Å². The van der Waals surface area contributed by atoms with Crippen molar-refractivity contribution < 1.29 is 0 Å². The Labute approximate surface area is 150 Å². The number of benzene rings is 1. The van der Waals surface area contributed by atoms with Gasteiger partial charge in [-0.05, 0) is 48.1 Å². The lowest BCUT2D eigenvalue weighted by atomic mass is 9.85.